The Hall–Kier alpha value is -4.00. The molecule has 1 aliphatic heterocycles. The first kappa shape index (κ1) is 19.0. The molecule has 7 nitrogen and oxygen atoms in total. The minimum atomic E-state index is -0.109. The zero-order chi connectivity index (χ0) is 21.0. The van der Waals surface area contributed by atoms with E-state index in [1.54, 1.807) is 0 Å². The van der Waals surface area contributed by atoms with Crippen LogP contribution >= 0.6 is 0 Å². The van der Waals surface area contributed by atoms with Gasteiger partial charge in [-0.3, -0.25) is 4.79 Å². The van der Waals surface area contributed by atoms with Crippen molar-refractivity contribution in [3.63, 3.8) is 0 Å². The first-order chi connectivity index (χ1) is 15.3. The van der Waals surface area contributed by atoms with Crippen LogP contribution in [0, 0.1) is 0 Å². The number of amides is 1. The molecule has 0 atom stereocenters. The van der Waals surface area contributed by atoms with E-state index < -0.39 is 0 Å². The van der Waals surface area contributed by atoms with Gasteiger partial charge < -0.3 is 24.1 Å². The molecular weight excluding hydrogens is 394 g/mol. The van der Waals surface area contributed by atoms with Crippen LogP contribution in [0.15, 0.2) is 72.8 Å². The van der Waals surface area contributed by atoms with Gasteiger partial charge in [-0.15, -0.1) is 0 Å². The van der Waals surface area contributed by atoms with Crippen molar-refractivity contribution in [2.75, 3.05) is 6.79 Å². The summed E-state index contributed by atoms with van der Waals surface area (Å²) in [6, 6.07) is 23.0. The predicted octanol–water partition coefficient (Wildman–Crippen LogP) is 3.66. The van der Waals surface area contributed by atoms with E-state index >= 15 is 0 Å². The topological polar surface area (TPSA) is 74.6 Å². The lowest BCUT2D eigenvalue weighted by atomic mass is 10.2. The molecule has 7 heteroatoms. The molecule has 1 aromatic heterocycles. The third kappa shape index (κ3) is 4.16. The molecule has 0 spiro atoms. The maximum Gasteiger partial charge on any atom is 0.240 e. The smallest absolute Gasteiger partial charge is 0.240 e. The molecule has 1 amide bonds. The number of rotatable bonds is 7. The molecule has 0 saturated heterocycles. The SMILES string of the molecule is O=C(Cn1c(COc2ccccc2)nc2ccccc21)NCc1ccc2c(c1)OCO2. The lowest BCUT2D eigenvalue weighted by Crippen LogP contribution is -2.28. The van der Waals surface area contributed by atoms with Gasteiger partial charge in [-0.2, -0.15) is 0 Å². The number of hydrogen-bond donors (Lipinski definition) is 1. The Labute approximate surface area is 179 Å². The molecule has 0 fully saturated rings. The Morgan fingerprint density at radius 2 is 1.81 bits per heavy atom. The van der Waals surface area contributed by atoms with Crippen LogP contribution in [0.25, 0.3) is 11.0 Å². The average Bonchev–Trinajstić information content (AvgIpc) is 3.41. The lowest BCUT2D eigenvalue weighted by Gasteiger charge is -2.11. The monoisotopic (exact) mass is 415 g/mol. The molecule has 4 aromatic rings. The maximum absolute atomic E-state index is 12.7. The first-order valence-electron chi connectivity index (χ1n) is 10.0. The van der Waals surface area contributed by atoms with Crippen molar-refractivity contribution in [1.82, 2.24) is 14.9 Å². The molecule has 0 aliphatic carbocycles. The third-order valence-corrected chi connectivity index (χ3v) is 5.07. The molecule has 0 saturated carbocycles. The number of nitrogens with one attached hydrogen (secondary N) is 1. The number of fused-ring (bicyclic) bond motifs is 2. The van der Waals surface area contributed by atoms with E-state index in [4.69, 9.17) is 14.2 Å². The van der Waals surface area contributed by atoms with Gasteiger partial charge in [0, 0.05) is 6.54 Å². The molecule has 1 aliphatic rings. The summed E-state index contributed by atoms with van der Waals surface area (Å²) in [7, 11) is 0. The summed E-state index contributed by atoms with van der Waals surface area (Å²) in [5, 5.41) is 2.97. The number of hydrogen-bond acceptors (Lipinski definition) is 5. The van der Waals surface area contributed by atoms with Crippen LogP contribution in [-0.2, 0) is 24.5 Å². The second-order valence-electron chi connectivity index (χ2n) is 7.17. The Balaban J connectivity index is 1.29. The van der Waals surface area contributed by atoms with Crippen molar-refractivity contribution in [3.8, 4) is 17.2 Å². The molecule has 3 aromatic carbocycles. The van der Waals surface area contributed by atoms with Crippen LogP contribution < -0.4 is 19.5 Å². The average molecular weight is 415 g/mol. The number of ether oxygens (including phenoxy) is 3. The standard InChI is InChI=1S/C24H21N3O4/c28-24(25-13-17-10-11-21-22(12-17)31-16-30-21)14-27-20-9-5-4-8-19(20)26-23(27)15-29-18-6-2-1-3-7-18/h1-12H,13-16H2,(H,25,28). The number of carbonyl (C=O) groups is 1. The quantitative estimate of drug-likeness (QED) is 0.499. The highest BCUT2D eigenvalue weighted by atomic mass is 16.7. The Morgan fingerprint density at radius 3 is 2.71 bits per heavy atom. The Morgan fingerprint density at radius 1 is 1.00 bits per heavy atom. The highest BCUT2D eigenvalue weighted by molar-refractivity contribution is 5.81. The normalized spacial score (nSPS) is 12.1. The molecule has 0 unspecified atom stereocenters. The third-order valence-electron chi connectivity index (χ3n) is 5.07. The fraction of sp³-hybridized carbons (Fsp3) is 0.167. The number of benzene rings is 3. The fourth-order valence-electron chi connectivity index (χ4n) is 3.53. The van der Waals surface area contributed by atoms with Crippen molar-refractivity contribution in [2.24, 2.45) is 0 Å². The van der Waals surface area contributed by atoms with E-state index in [2.05, 4.69) is 10.3 Å². The summed E-state index contributed by atoms with van der Waals surface area (Å²) in [5.74, 6) is 2.77. The molecule has 5 rings (SSSR count). The van der Waals surface area contributed by atoms with E-state index in [9.17, 15) is 4.79 Å². The predicted molar refractivity (Wildman–Crippen MR) is 115 cm³/mol. The second kappa shape index (κ2) is 8.39. The van der Waals surface area contributed by atoms with E-state index in [-0.39, 0.29) is 25.9 Å². The van der Waals surface area contributed by atoms with E-state index in [0.717, 1.165) is 28.1 Å². The summed E-state index contributed by atoms with van der Waals surface area (Å²) in [5.41, 5.74) is 2.67. The Bertz CT molecular complexity index is 1220. The van der Waals surface area contributed by atoms with Gasteiger partial charge in [0.2, 0.25) is 12.7 Å². The van der Waals surface area contributed by atoms with Crippen LogP contribution in [0.3, 0.4) is 0 Å². The molecule has 0 radical (unpaired) electrons. The van der Waals surface area contributed by atoms with Gasteiger partial charge in [-0.25, -0.2) is 4.98 Å². The summed E-state index contributed by atoms with van der Waals surface area (Å²) in [6.45, 7) is 1.05. The van der Waals surface area contributed by atoms with Crippen molar-refractivity contribution >= 4 is 16.9 Å². The van der Waals surface area contributed by atoms with Gasteiger partial charge in [0.15, 0.2) is 11.5 Å². The fourth-order valence-corrected chi connectivity index (χ4v) is 3.53. The van der Waals surface area contributed by atoms with Crippen LogP contribution in [-0.4, -0.2) is 22.3 Å². The van der Waals surface area contributed by atoms with E-state index in [0.29, 0.717) is 18.1 Å². The molecule has 2 heterocycles. The zero-order valence-corrected chi connectivity index (χ0v) is 16.8. The molecule has 31 heavy (non-hydrogen) atoms. The van der Waals surface area contributed by atoms with Crippen molar-refractivity contribution in [2.45, 2.75) is 19.7 Å². The van der Waals surface area contributed by atoms with Crippen LogP contribution in [0.4, 0.5) is 0 Å². The lowest BCUT2D eigenvalue weighted by molar-refractivity contribution is -0.121. The minimum Gasteiger partial charge on any atom is -0.486 e. The summed E-state index contributed by atoms with van der Waals surface area (Å²) >= 11 is 0. The van der Waals surface area contributed by atoms with Gasteiger partial charge in [0.1, 0.15) is 24.7 Å². The molecular formula is C24H21N3O4. The van der Waals surface area contributed by atoms with Gasteiger partial charge >= 0.3 is 0 Å². The summed E-state index contributed by atoms with van der Waals surface area (Å²) < 4.78 is 18.5. The number of nitrogens with zero attached hydrogens (tertiary/aromatic N) is 2. The number of para-hydroxylation sites is 3. The number of aromatic nitrogens is 2. The molecule has 156 valence electrons. The van der Waals surface area contributed by atoms with Crippen LogP contribution in [0.2, 0.25) is 0 Å². The largest absolute Gasteiger partial charge is 0.486 e. The van der Waals surface area contributed by atoms with E-state index in [1.165, 1.54) is 0 Å². The summed E-state index contributed by atoms with van der Waals surface area (Å²) in [6.07, 6.45) is 0. The highest BCUT2D eigenvalue weighted by Gasteiger charge is 2.16. The van der Waals surface area contributed by atoms with Gasteiger partial charge in [0.25, 0.3) is 0 Å². The van der Waals surface area contributed by atoms with Crippen molar-refractivity contribution < 1.29 is 19.0 Å². The van der Waals surface area contributed by atoms with E-state index in [1.807, 2.05) is 77.4 Å². The van der Waals surface area contributed by atoms with Gasteiger partial charge in [0.05, 0.1) is 11.0 Å². The Kier molecular flexibility index (Phi) is 5.14. The molecule has 0 bridgehead atoms. The van der Waals surface area contributed by atoms with Crippen LogP contribution in [0.5, 0.6) is 17.2 Å². The second-order valence-corrected chi connectivity index (χ2v) is 7.17. The van der Waals surface area contributed by atoms with Crippen molar-refractivity contribution in [1.29, 1.82) is 0 Å². The number of carbonyl (C=O) groups excluding carboxylic acids is 1. The highest BCUT2D eigenvalue weighted by Crippen LogP contribution is 2.32. The number of imidazole rings is 1. The zero-order valence-electron chi connectivity index (χ0n) is 16.8. The molecule has 1 N–H and O–H groups in total. The van der Waals surface area contributed by atoms with Gasteiger partial charge in [-0.1, -0.05) is 36.4 Å². The van der Waals surface area contributed by atoms with Crippen molar-refractivity contribution in [3.05, 3.63) is 84.2 Å². The maximum atomic E-state index is 12.7. The first-order valence-corrected chi connectivity index (χ1v) is 10.0. The van der Waals surface area contributed by atoms with Gasteiger partial charge in [-0.05, 0) is 42.0 Å². The minimum absolute atomic E-state index is 0.109. The van der Waals surface area contributed by atoms with Crippen LogP contribution in [0.1, 0.15) is 11.4 Å². The summed E-state index contributed by atoms with van der Waals surface area (Å²) in [4.78, 5) is 17.4.